The van der Waals surface area contributed by atoms with Gasteiger partial charge in [0.25, 0.3) is 0 Å². The Morgan fingerprint density at radius 1 is 1.50 bits per heavy atom. The summed E-state index contributed by atoms with van der Waals surface area (Å²) >= 11 is 6.02. The van der Waals surface area contributed by atoms with Crippen molar-refractivity contribution in [1.82, 2.24) is 4.90 Å². The van der Waals surface area contributed by atoms with Crippen molar-refractivity contribution >= 4 is 11.6 Å². The van der Waals surface area contributed by atoms with Crippen molar-refractivity contribution in [2.75, 3.05) is 27.4 Å². The maximum absolute atomic E-state index is 13.0. The van der Waals surface area contributed by atoms with Gasteiger partial charge in [-0.15, -0.1) is 0 Å². The molecule has 0 amide bonds. The first-order chi connectivity index (χ1) is 9.52. The highest BCUT2D eigenvalue weighted by Gasteiger charge is 2.35. The Labute approximate surface area is 123 Å². The van der Waals surface area contributed by atoms with Crippen LogP contribution < -0.4 is 0 Å². The number of nitrogens with zero attached hydrogens (tertiary/aromatic N) is 1. The molecule has 1 aromatic rings. The van der Waals surface area contributed by atoms with Crippen LogP contribution in [0.25, 0.3) is 0 Å². The fourth-order valence-corrected chi connectivity index (χ4v) is 2.61. The zero-order valence-electron chi connectivity index (χ0n) is 11.6. The van der Waals surface area contributed by atoms with Crippen LogP contribution in [0.4, 0.5) is 4.39 Å². The summed E-state index contributed by atoms with van der Waals surface area (Å²) in [6.45, 7) is 1.32. The first-order valence-corrected chi connectivity index (χ1v) is 6.83. The maximum atomic E-state index is 13.0. The number of benzene rings is 1. The molecule has 20 heavy (non-hydrogen) atoms. The van der Waals surface area contributed by atoms with Gasteiger partial charge >= 0.3 is 0 Å². The van der Waals surface area contributed by atoms with Crippen LogP contribution in [0.15, 0.2) is 18.2 Å². The van der Waals surface area contributed by atoms with Crippen LogP contribution in [0.1, 0.15) is 5.56 Å². The Bertz CT molecular complexity index is 460. The van der Waals surface area contributed by atoms with Gasteiger partial charge < -0.3 is 14.6 Å². The van der Waals surface area contributed by atoms with Gasteiger partial charge in [0.2, 0.25) is 0 Å². The number of rotatable bonds is 4. The van der Waals surface area contributed by atoms with Crippen molar-refractivity contribution < 1.29 is 19.0 Å². The standard InChI is InChI=1S/C14H19ClFNO3/c1-17(6-9-3-4-10(16)5-11(9)15)12-7-20-8-13(19-2)14(12)18/h3-5,12-14,18H,6-8H2,1-2H3/t12-,13-,14+/m1/s1. The molecule has 0 saturated carbocycles. The van der Waals surface area contributed by atoms with Crippen molar-refractivity contribution in [3.63, 3.8) is 0 Å². The topological polar surface area (TPSA) is 41.9 Å². The summed E-state index contributed by atoms with van der Waals surface area (Å²) in [6.07, 6.45) is -0.960. The highest BCUT2D eigenvalue weighted by Crippen LogP contribution is 2.22. The Morgan fingerprint density at radius 2 is 2.25 bits per heavy atom. The van der Waals surface area contributed by atoms with Gasteiger partial charge in [0.1, 0.15) is 18.0 Å². The van der Waals surface area contributed by atoms with Gasteiger partial charge in [-0.2, -0.15) is 0 Å². The fourth-order valence-electron chi connectivity index (χ4n) is 2.38. The van der Waals surface area contributed by atoms with Crippen molar-refractivity contribution in [2.24, 2.45) is 0 Å². The highest BCUT2D eigenvalue weighted by atomic mass is 35.5. The second kappa shape index (κ2) is 6.83. The van der Waals surface area contributed by atoms with Gasteiger partial charge in [0.15, 0.2) is 0 Å². The SMILES string of the molecule is CO[C@@H]1COC[C@@H](N(C)Cc2ccc(F)cc2Cl)[C@@H]1O. The smallest absolute Gasteiger partial charge is 0.124 e. The number of aliphatic hydroxyl groups excluding tert-OH is 1. The number of aliphatic hydroxyl groups is 1. The monoisotopic (exact) mass is 303 g/mol. The second-order valence-electron chi connectivity index (χ2n) is 5.02. The van der Waals surface area contributed by atoms with Crippen LogP contribution in [0, 0.1) is 5.82 Å². The molecule has 0 aromatic heterocycles. The van der Waals surface area contributed by atoms with E-state index < -0.39 is 6.10 Å². The molecule has 6 heteroatoms. The highest BCUT2D eigenvalue weighted by molar-refractivity contribution is 6.31. The maximum Gasteiger partial charge on any atom is 0.124 e. The molecule has 3 atom stereocenters. The summed E-state index contributed by atoms with van der Waals surface area (Å²) in [5, 5.41) is 10.6. The number of hydrogen-bond donors (Lipinski definition) is 1. The van der Waals surface area contributed by atoms with Crippen LogP contribution in [0.2, 0.25) is 5.02 Å². The predicted octanol–water partition coefficient (Wildman–Crippen LogP) is 1.69. The Kier molecular flexibility index (Phi) is 5.35. The summed E-state index contributed by atoms with van der Waals surface area (Å²) in [5.74, 6) is -0.359. The largest absolute Gasteiger partial charge is 0.389 e. The van der Waals surface area contributed by atoms with E-state index in [4.69, 9.17) is 21.1 Å². The van der Waals surface area contributed by atoms with Crippen LogP contribution in [0.3, 0.4) is 0 Å². The van der Waals surface area contributed by atoms with E-state index in [0.29, 0.717) is 24.8 Å². The molecule has 1 saturated heterocycles. The molecule has 1 fully saturated rings. The number of likely N-dealkylation sites (N-methyl/N-ethyl adjacent to an activating group) is 1. The van der Waals surface area contributed by atoms with Crippen LogP contribution >= 0.6 is 11.6 Å². The lowest BCUT2D eigenvalue weighted by molar-refractivity contribution is -0.142. The quantitative estimate of drug-likeness (QED) is 0.919. The fraction of sp³-hybridized carbons (Fsp3) is 0.571. The number of methoxy groups -OCH3 is 1. The Balaban J connectivity index is 2.05. The first kappa shape index (κ1) is 15.7. The third kappa shape index (κ3) is 3.48. The molecule has 0 unspecified atom stereocenters. The van der Waals surface area contributed by atoms with Crippen LogP contribution in [-0.2, 0) is 16.0 Å². The minimum atomic E-state index is -0.627. The van der Waals surface area contributed by atoms with Crippen molar-refractivity contribution in [3.8, 4) is 0 Å². The third-order valence-corrected chi connectivity index (χ3v) is 4.00. The van der Waals surface area contributed by atoms with Crippen molar-refractivity contribution in [3.05, 3.63) is 34.6 Å². The number of halogens is 2. The summed E-state index contributed by atoms with van der Waals surface area (Å²) in [7, 11) is 3.42. The third-order valence-electron chi connectivity index (χ3n) is 3.65. The normalized spacial score (nSPS) is 27.0. The summed E-state index contributed by atoms with van der Waals surface area (Å²) < 4.78 is 23.7. The van der Waals surface area contributed by atoms with Crippen molar-refractivity contribution in [2.45, 2.75) is 24.8 Å². The molecule has 4 nitrogen and oxygen atoms in total. The lowest BCUT2D eigenvalue weighted by Crippen LogP contribution is -2.55. The van der Waals surface area contributed by atoms with E-state index in [-0.39, 0.29) is 18.0 Å². The molecule has 1 N–H and O–H groups in total. The van der Waals surface area contributed by atoms with E-state index >= 15 is 0 Å². The Morgan fingerprint density at radius 3 is 2.90 bits per heavy atom. The van der Waals surface area contributed by atoms with E-state index in [1.54, 1.807) is 13.2 Å². The average molecular weight is 304 g/mol. The molecule has 1 heterocycles. The van der Waals surface area contributed by atoms with E-state index in [0.717, 1.165) is 5.56 Å². The van der Waals surface area contributed by atoms with Gasteiger partial charge in [-0.05, 0) is 24.7 Å². The second-order valence-corrected chi connectivity index (χ2v) is 5.43. The molecule has 112 valence electrons. The minimum Gasteiger partial charge on any atom is -0.389 e. The number of hydrogen-bond acceptors (Lipinski definition) is 4. The lowest BCUT2D eigenvalue weighted by atomic mass is 10.0. The average Bonchev–Trinajstić information content (AvgIpc) is 2.42. The van der Waals surface area contributed by atoms with Crippen molar-refractivity contribution in [1.29, 1.82) is 0 Å². The Hall–Kier alpha value is -0.720. The summed E-state index contributed by atoms with van der Waals surface area (Å²) in [4.78, 5) is 1.94. The van der Waals surface area contributed by atoms with Gasteiger partial charge in [-0.1, -0.05) is 17.7 Å². The number of ether oxygens (including phenoxy) is 2. The minimum absolute atomic E-state index is 0.185. The molecule has 1 aliphatic rings. The van der Waals surface area contributed by atoms with Crippen LogP contribution in [0.5, 0.6) is 0 Å². The molecular formula is C14H19ClFNO3. The molecule has 0 bridgehead atoms. The molecule has 2 rings (SSSR count). The predicted molar refractivity (Wildman–Crippen MR) is 74.3 cm³/mol. The van der Waals surface area contributed by atoms with Gasteiger partial charge in [-0.3, -0.25) is 4.90 Å². The molecular weight excluding hydrogens is 285 g/mol. The van der Waals surface area contributed by atoms with E-state index in [1.165, 1.54) is 12.1 Å². The molecule has 0 spiro atoms. The van der Waals surface area contributed by atoms with Gasteiger partial charge in [0.05, 0.1) is 19.3 Å². The lowest BCUT2D eigenvalue weighted by Gasteiger charge is -2.39. The zero-order chi connectivity index (χ0) is 14.7. The van der Waals surface area contributed by atoms with Crippen LogP contribution in [-0.4, -0.2) is 55.6 Å². The molecule has 1 aliphatic heterocycles. The van der Waals surface area contributed by atoms with E-state index in [1.807, 2.05) is 11.9 Å². The van der Waals surface area contributed by atoms with E-state index in [2.05, 4.69) is 0 Å². The molecule has 1 aromatic carbocycles. The first-order valence-electron chi connectivity index (χ1n) is 6.45. The molecule has 0 aliphatic carbocycles. The van der Waals surface area contributed by atoms with Gasteiger partial charge in [0, 0.05) is 18.7 Å². The summed E-state index contributed by atoms with van der Waals surface area (Å²) in [6, 6.07) is 4.13. The zero-order valence-corrected chi connectivity index (χ0v) is 12.3. The molecule has 0 radical (unpaired) electrons. The van der Waals surface area contributed by atoms with Gasteiger partial charge in [-0.25, -0.2) is 4.39 Å². The summed E-state index contributed by atoms with van der Waals surface area (Å²) in [5.41, 5.74) is 0.808. The van der Waals surface area contributed by atoms with E-state index in [9.17, 15) is 9.50 Å².